The molecule has 0 bridgehead atoms. The molecule has 0 heterocycles. The molecule has 0 radical (unpaired) electrons. The van der Waals surface area contributed by atoms with Crippen LogP contribution in [0.4, 0.5) is 13.2 Å². The molecule has 15 heavy (non-hydrogen) atoms. The number of hydrogen-bond acceptors (Lipinski definition) is 2. The zero-order chi connectivity index (χ0) is 12.1. The number of aliphatic hydroxyl groups excluding tert-OH is 1. The summed E-state index contributed by atoms with van der Waals surface area (Å²) in [6.07, 6.45) is -3.45. The van der Waals surface area contributed by atoms with Crippen molar-refractivity contribution in [1.29, 1.82) is 0 Å². The molecule has 0 aliphatic heterocycles. The van der Waals surface area contributed by atoms with Crippen LogP contribution in [0.3, 0.4) is 0 Å². The van der Waals surface area contributed by atoms with Crippen LogP contribution in [0.5, 0.6) is 0 Å². The lowest BCUT2D eigenvalue weighted by Gasteiger charge is -2.27. The second-order valence-corrected chi connectivity index (χ2v) is 4.17. The monoisotopic (exact) mass is 227 g/mol. The minimum atomic E-state index is -4.14. The van der Waals surface area contributed by atoms with Crippen LogP contribution < -0.4 is 0 Å². The van der Waals surface area contributed by atoms with Gasteiger partial charge in [-0.15, -0.1) is 0 Å². The molecule has 0 spiro atoms. The smallest absolute Gasteiger partial charge is 0.393 e. The molecule has 0 saturated carbocycles. The molecule has 2 nitrogen and oxygen atoms in total. The van der Waals surface area contributed by atoms with Crippen molar-refractivity contribution in [3.63, 3.8) is 0 Å². The molecule has 1 N–H and O–H groups in total. The summed E-state index contributed by atoms with van der Waals surface area (Å²) < 4.78 is 36.5. The number of alkyl halides is 3. The van der Waals surface area contributed by atoms with E-state index in [0.717, 1.165) is 0 Å². The Balaban J connectivity index is 3.95. The number of nitrogens with zero attached hydrogens (tertiary/aromatic N) is 1. The van der Waals surface area contributed by atoms with Gasteiger partial charge >= 0.3 is 6.18 Å². The highest BCUT2D eigenvalue weighted by atomic mass is 19.4. The van der Waals surface area contributed by atoms with E-state index in [2.05, 4.69) is 0 Å². The lowest BCUT2D eigenvalue weighted by Crippen LogP contribution is -2.39. The Morgan fingerprint density at radius 1 is 1.20 bits per heavy atom. The number of halogens is 3. The Labute approximate surface area is 89.1 Å². The molecule has 0 aromatic heterocycles. The van der Waals surface area contributed by atoms with Gasteiger partial charge in [-0.3, -0.25) is 4.90 Å². The predicted molar refractivity (Wildman–Crippen MR) is 53.7 cm³/mol. The van der Waals surface area contributed by atoms with Crippen molar-refractivity contribution in [2.75, 3.05) is 13.1 Å². The average Bonchev–Trinajstić information content (AvgIpc) is 1.99. The third-order valence-corrected chi connectivity index (χ3v) is 2.18. The van der Waals surface area contributed by atoms with Crippen molar-refractivity contribution in [3.8, 4) is 0 Å². The highest BCUT2D eigenvalue weighted by Crippen LogP contribution is 2.18. The standard InChI is InChI=1S/C10H20F3NO/c1-8(2)14(7-10(11,12)13)6-4-5-9(3)15/h8-9,15H,4-7H2,1-3H3. The molecule has 0 aliphatic carbocycles. The Bertz CT molecular complexity index is 169. The lowest BCUT2D eigenvalue weighted by molar-refractivity contribution is -0.149. The van der Waals surface area contributed by atoms with Crippen molar-refractivity contribution >= 4 is 0 Å². The fourth-order valence-electron chi connectivity index (χ4n) is 1.34. The molecule has 92 valence electrons. The minimum absolute atomic E-state index is 0.124. The first-order valence-corrected chi connectivity index (χ1v) is 5.21. The van der Waals surface area contributed by atoms with E-state index in [9.17, 15) is 13.2 Å². The van der Waals surface area contributed by atoms with Gasteiger partial charge in [0.05, 0.1) is 12.6 Å². The predicted octanol–water partition coefficient (Wildman–Crippen LogP) is 2.42. The molecular weight excluding hydrogens is 207 g/mol. The van der Waals surface area contributed by atoms with Gasteiger partial charge in [0.25, 0.3) is 0 Å². The summed E-state index contributed by atoms with van der Waals surface area (Å²) >= 11 is 0. The van der Waals surface area contributed by atoms with E-state index in [1.807, 2.05) is 0 Å². The van der Waals surface area contributed by atoms with Crippen LogP contribution in [0.15, 0.2) is 0 Å². The van der Waals surface area contributed by atoms with Gasteiger partial charge in [0, 0.05) is 6.04 Å². The summed E-state index contributed by atoms with van der Waals surface area (Å²) in [5, 5.41) is 9.00. The number of rotatable bonds is 6. The van der Waals surface area contributed by atoms with Gasteiger partial charge in [-0.25, -0.2) is 0 Å². The van der Waals surface area contributed by atoms with Gasteiger partial charge in [-0.05, 0) is 40.2 Å². The number of aliphatic hydroxyl groups is 1. The summed E-state index contributed by atoms with van der Waals surface area (Å²) in [6, 6.07) is -0.124. The van der Waals surface area contributed by atoms with E-state index in [1.165, 1.54) is 4.90 Å². The zero-order valence-corrected chi connectivity index (χ0v) is 9.51. The first-order valence-electron chi connectivity index (χ1n) is 5.21. The maximum absolute atomic E-state index is 12.2. The molecule has 0 fully saturated rings. The highest BCUT2D eigenvalue weighted by molar-refractivity contribution is 4.67. The molecule has 5 heteroatoms. The summed E-state index contributed by atoms with van der Waals surface area (Å²) in [6.45, 7) is 4.64. The summed E-state index contributed by atoms with van der Waals surface area (Å²) in [4.78, 5) is 1.38. The van der Waals surface area contributed by atoms with Crippen LogP contribution in [0.25, 0.3) is 0 Å². The van der Waals surface area contributed by atoms with Gasteiger partial charge in [-0.2, -0.15) is 13.2 Å². The Hall–Kier alpha value is -0.290. The fraction of sp³-hybridized carbons (Fsp3) is 1.00. The van der Waals surface area contributed by atoms with Crippen LogP contribution in [-0.2, 0) is 0 Å². The van der Waals surface area contributed by atoms with Gasteiger partial charge < -0.3 is 5.11 Å². The second-order valence-electron chi connectivity index (χ2n) is 4.17. The van der Waals surface area contributed by atoms with Gasteiger partial charge in [0.1, 0.15) is 0 Å². The largest absolute Gasteiger partial charge is 0.401 e. The summed E-state index contributed by atoms with van der Waals surface area (Å²) in [5.41, 5.74) is 0. The van der Waals surface area contributed by atoms with Crippen LogP contribution in [0, 0.1) is 0 Å². The molecule has 0 aliphatic rings. The van der Waals surface area contributed by atoms with Crippen LogP contribution in [0.1, 0.15) is 33.6 Å². The fourth-order valence-corrected chi connectivity index (χ4v) is 1.34. The van der Waals surface area contributed by atoms with E-state index in [4.69, 9.17) is 5.11 Å². The topological polar surface area (TPSA) is 23.5 Å². The molecule has 0 amide bonds. The second kappa shape index (κ2) is 6.33. The molecule has 0 aromatic carbocycles. The van der Waals surface area contributed by atoms with Crippen LogP contribution in [-0.4, -0.2) is 41.4 Å². The lowest BCUT2D eigenvalue weighted by atomic mass is 10.2. The molecule has 1 unspecified atom stereocenters. The quantitative estimate of drug-likeness (QED) is 0.753. The van der Waals surface area contributed by atoms with Crippen molar-refractivity contribution in [2.24, 2.45) is 0 Å². The SMILES string of the molecule is CC(O)CCCN(CC(F)(F)F)C(C)C. The Morgan fingerprint density at radius 2 is 1.73 bits per heavy atom. The third-order valence-electron chi connectivity index (χ3n) is 2.18. The molecule has 1 atom stereocenters. The van der Waals surface area contributed by atoms with Gasteiger partial charge in [0.15, 0.2) is 0 Å². The average molecular weight is 227 g/mol. The molecule has 0 saturated heterocycles. The van der Waals surface area contributed by atoms with Gasteiger partial charge in [-0.1, -0.05) is 0 Å². The summed E-state index contributed by atoms with van der Waals surface area (Å²) in [7, 11) is 0. The third kappa shape index (κ3) is 8.69. The van der Waals surface area contributed by atoms with E-state index in [0.29, 0.717) is 19.4 Å². The van der Waals surface area contributed by atoms with E-state index < -0.39 is 18.8 Å². The van der Waals surface area contributed by atoms with Crippen LogP contribution >= 0.6 is 0 Å². The Morgan fingerprint density at radius 3 is 2.07 bits per heavy atom. The normalized spacial score (nSPS) is 15.0. The Kier molecular flexibility index (Phi) is 6.20. The van der Waals surface area contributed by atoms with Crippen molar-refractivity contribution < 1.29 is 18.3 Å². The van der Waals surface area contributed by atoms with Crippen molar-refractivity contribution in [3.05, 3.63) is 0 Å². The first kappa shape index (κ1) is 14.7. The molecular formula is C10H20F3NO. The van der Waals surface area contributed by atoms with E-state index in [-0.39, 0.29) is 6.04 Å². The minimum Gasteiger partial charge on any atom is -0.393 e. The van der Waals surface area contributed by atoms with Crippen molar-refractivity contribution in [2.45, 2.75) is 51.9 Å². The van der Waals surface area contributed by atoms with Gasteiger partial charge in [0.2, 0.25) is 0 Å². The molecule has 0 aromatic rings. The highest BCUT2D eigenvalue weighted by Gasteiger charge is 2.31. The maximum atomic E-state index is 12.2. The van der Waals surface area contributed by atoms with E-state index in [1.54, 1.807) is 20.8 Å². The van der Waals surface area contributed by atoms with Crippen molar-refractivity contribution in [1.82, 2.24) is 4.90 Å². The summed E-state index contributed by atoms with van der Waals surface area (Å²) in [5.74, 6) is 0. The zero-order valence-electron chi connectivity index (χ0n) is 9.51. The first-order chi connectivity index (χ1) is 6.72. The number of hydrogen-bond donors (Lipinski definition) is 1. The van der Waals surface area contributed by atoms with E-state index >= 15 is 0 Å². The maximum Gasteiger partial charge on any atom is 0.401 e. The molecule has 0 rings (SSSR count). The van der Waals surface area contributed by atoms with Crippen LogP contribution in [0.2, 0.25) is 0 Å².